The van der Waals surface area contributed by atoms with Crippen molar-refractivity contribution in [3.8, 4) is 0 Å². The van der Waals surface area contributed by atoms with E-state index in [9.17, 15) is 4.79 Å². The average molecular weight is 217 g/mol. The van der Waals surface area contributed by atoms with Crippen molar-refractivity contribution in [2.45, 2.75) is 18.8 Å². The van der Waals surface area contributed by atoms with Gasteiger partial charge in [0.15, 0.2) is 0 Å². The molecule has 1 unspecified atom stereocenters. The molecule has 1 aliphatic rings. The highest BCUT2D eigenvalue weighted by Crippen LogP contribution is 2.30. The molecule has 0 bridgehead atoms. The largest absolute Gasteiger partial charge is 0.306 e. The molecule has 0 radical (unpaired) electrons. The van der Waals surface area contributed by atoms with Crippen molar-refractivity contribution in [2.24, 2.45) is 5.92 Å². The lowest BCUT2D eigenvalue weighted by Crippen LogP contribution is -2.33. The molecule has 2 nitrogen and oxygen atoms in total. The van der Waals surface area contributed by atoms with Gasteiger partial charge in [0, 0.05) is 5.92 Å². The van der Waals surface area contributed by atoms with E-state index in [0.29, 0.717) is 5.92 Å². The van der Waals surface area contributed by atoms with Crippen molar-refractivity contribution in [3.05, 3.63) is 35.9 Å². The monoisotopic (exact) mass is 217 g/mol. The molecule has 0 aliphatic carbocycles. The molecule has 1 saturated heterocycles. The maximum absolute atomic E-state index is 11.3. The number of rotatable bonds is 3. The highest BCUT2D eigenvalue weighted by atomic mass is 16.1. The zero-order valence-corrected chi connectivity index (χ0v) is 9.80. The van der Waals surface area contributed by atoms with Gasteiger partial charge in [0.1, 0.15) is 6.29 Å². The smallest absolute Gasteiger partial charge is 0.127 e. The lowest BCUT2D eigenvalue weighted by atomic mass is 9.81. The van der Waals surface area contributed by atoms with Gasteiger partial charge in [0.25, 0.3) is 0 Å². The summed E-state index contributed by atoms with van der Waals surface area (Å²) >= 11 is 0. The van der Waals surface area contributed by atoms with Crippen LogP contribution in [0.3, 0.4) is 0 Å². The molecular formula is C14H19NO. The van der Waals surface area contributed by atoms with Crippen LogP contribution in [0, 0.1) is 5.92 Å². The lowest BCUT2D eigenvalue weighted by molar-refractivity contribution is -0.110. The van der Waals surface area contributed by atoms with Crippen molar-refractivity contribution in [1.82, 2.24) is 4.90 Å². The molecule has 1 aromatic carbocycles. The Morgan fingerprint density at radius 3 is 2.44 bits per heavy atom. The predicted molar refractivity (Wildman–Crippen MR) is 65.5 cm³/mol. The summed E-state index contributed by atoms with van der Waals surface area (Å²) in [6, 6.07) is 10.2. The Morgan fingerprint density at radius 1 is 1.25 bits per heavy atom. The topological polar surface area (TPSA) is 20.3 Å². The first-order chi connectivity index (χ1) is 7.81. The molecule has 1 atom stereocenters. The second-order valence-electron chi connectivity index (χ2n) is 4.71. The van der Waals surface area contributed by atoms with Gasteiger partial charge >= 0.3 is 0 Å². The van der Waals surface area contributed by atoms with Crippen molar-refractivity contribution in [1.29, 1.82) is 0 Å². The summed E-state index contributed by atoms with van der Waals surface area (Å²) in [6.45, 7) is 2.23. The molecule has 86 valence electrons. The van der Waals surface area contributed by atoms with E-state index >= 15 is 0 Å². The van der Waals surface area contributed by atoms with Crippen LogP contribution in [0.25, 0.3) is 0 Å². The third-order valence-corrected chi connectivity index (χ3v) is 3.60. The number of hydrogen-bond donors (Lipinski definition) is 0. The van der Waals surface area contributed by atoms with E-state index in [1.807, 2.05) is 18.2 Å². The van der Waals surface area contributed by atoms with E-state index < -0.39 is 0 Å². The molecule has 1 aromatic rings. The number of carbonyl (C=O) groups excluding carboxylic acids is 1. The van der Waals surface area contributed by atoms with Gasteiger partial charge in [-0.15, -0.1) is 0 Å². The molecule has 1 heterocycles. The summed E-state index contributed by atoms with van der Waals surface area (Å²) in [5.74, 6) is 0.617. The highest BCUT2D eigenvalue weighted by Gasteiger charge is 2.25. The van der Waals surface area contributed by atoms with Gasteiger partial charge < -0.3 is 9.69 Å². The van der Waals surface area contributed by atoms with Crippen LogP contribution in [0.2, 0.25) is 0 Å². The van der Waals surface area contributed by atoms with Crippen molar-refractivity contribution in [3.63, 3.8) is 0 Å². The van der Waals surface area contributed by atoms with E-state index in [1.54, 1.807) is 0 Å². The Labute approximate surface area is 97.3 Å². The van der Waals surface area contributed by atoms with Crippen LogP contribution in [0.15, 0.2) is 30.3 Å². The van der Waals surface area contributed by atoms with E-state index in [2.05, 4.69) is 24.1 Å². The molecular weight excluding hydrogens is 198 g/mol. The first kappa shape index (κ1) is 11.3. The normalized spacial score (nSPS) is 20.6. The number of benzene rings is 1. The summed E-state index contributed by atoms with van der Waals surface area (Å²) in [5, 5.41) is 0. The zero-order chi connectivity index (χ0) is 11.4. The van der Waals surface area contributed by atoms with Gasteiger partial charge in [-0.1, -0.05) is 30.3 Å². The predicted octanol–water partition coefficient (Wildman–Crippen LogP) is 2.31. The Balaban J connectivity index is 2.08. The number of piperidine rings is 1. The van der Waals surface area contributed by atoms with Crippen LogP contribution in [-0.2, 0) is 4.79 Å². The molecule has 0 amide bonds. The Hall–Kier alpha value is -1.15. The van der Waals surface area contributed by atoms with Gasteiger partial charge in [0.2, 0.25) is 0 Å². The Kier molecular flexibility index (Phi) is 3.73. The summed E-state index contributed by atoms with van der Waals surface area (Å²) in [5.41, 5.74) is 1.17. The summed E-state index contributed by atoms with van der Waals surface area (Å²) in [7, 11) is 2.15. The summed E-state index contributed by atoms with van der Waals surface area (Å²) in [6.07, 6.45) is 3.40. The number of nitrogens with zero attached hydrogens (tertiary/aromatic N) is 1. The van der Waals surface area contributed by atoms with Gasteiger partial charge in [-0.3, -0.25) is 0 Å². The van der Waals surface area contributed by atoms with Crippen LogP contribution in [0.1, 0.15) is 24.3 Å². The van der Waals surface area contributed by atoms with Crippen LogP contribution >= 0.6 is 0 Å². The molecule has 0 spiro atoms. The number of hydrogen-bond acceptors (Lipinski definition) is 2. The first-order valence-corrected chi connectivity index (χ1v) is 6.00. The number of carbonyl (C=O) groups is 1. The second-order valence-corrected chi connectivity index (χ2v) is 4.71. The van der Waals surface area contributed by atoms with E-state index in [4.69, 9.17) is 0 Å². The maximum Gasteiger partial charge on any atom is 0.127 e. The van der Waals surface area contributed by atoms with Gasteiger partial charge in [-0.2, -0.15) is 0 Å². The minimum Gasteiger partial charge on any atom is -0.306 e. The fourth-order valence-electron chi connectivity index (χ4n) is 2.52. The van der Waals surface area contributed by atoms with Gasteiger partial charge in [-0.25, -0.2) is 0 Å². The average Bonchev–Trinajstić information content (AvgIpc) is 2.34. The summed E-state index contributed by atoms with van der Waals surface area (Å²) in [4.78, 5) is 13.6. The van der Waals surface area contributed by atoms with Crippen molar-refractivity contribution in [2.75, 3.05) is 20.1 Å². The SMILES string of the molecule is CN1CCC(C(C=O)c2ccccc2)CC1. The quantitative estimate of drug-likeness (QED) is 0.724. The summed E-state index contributed by atoms with van der Waals surface area (Å²) < 4.78 is 0. The maximum atomic E-state index is 11.3. The zero-order valence-electron chi connectivity index (χ0n) is 9.80. The third kappa shape index (κ3) is 2.50. The van der Waals surface area contributed by atoms with Crippen molar-refractivity contribution >= 4 is 6.29 Å². The van der Waals surface area contributed by atoms with Crippen LogP contribution in [0.5, 0.6) is 0 Å². The van der Waals surface area contributed by atoms with Gasteiger partial charge in [0.05, 0.1) is 0 Å². The Bertz CT molecular complexity index is 328. The molecule has 0 saturated carbocycles. The first-order valence-electron chi connectivity index (χ1n) is 6.00. The molecule has 16 heavy (non-hydrogen) atoms. The van der Waals surface area contributed by atoms with Crippen molar-refractivity contribution < 1.29 is 4.79 Å². The molecule has 2 heteroatoms. The second kappa shape index (κ2) is 5.26. The number of likely N-dealkylation sites (tertiary alicyclic amines) is 1. The van der Waals surface area contributed by atoms with E-state index in [0.717, 1.165) is 32.2 Å². The lowest BCUT2D eigenvalue weighted by Gasteiger charge is -2.32. The van der Waals surface area contributed by atoms with E-state index in [1.165, 1.54) is 5.56 Å². The fraction of sp³-hybridized carbons (Fsp3) is 0.500. The Morgan fingerprint density at radius 2 is 1.88 bits per heavy atom. The number of aldehydes is 1. The van der Waals surface area contributed by atoms with E-state index in [-0.39, 0.29) is 5.92 Å². The third-order valence-electron chi connectivity index (χ3n) is 3.60. The molecule has 1 fully saturated rings. The molecule has 2 rings (SSSR count). The molecule has 0 aromatic heterocycles. The minimum atomic E-state index is 0.0925. The van der Waals surface area contributed by atoms with Gasteiger partial charge in [-0.05, 0) is 44.5 Å². The highest BCUT2D eigenvalue weighted by molar-refractivity contribution is 5.62. The molecule has 1 aliphatic heterocycles. The van der Waals surface area contributed by atoms with Crippen LogP contribution in [0.4, 0.5) is 0 Å². The fourth-order valence-corrected chi connectivity index (χ4v) is 2.52. The minimum absolute atomic E-state index is 0.0925. The van der Waals surface area contributed by atoms with Crippen LogP contribution in [-0.4, -0.2) is 31.3 Å². The molecule has 0 N–H and O–H groups in total. The standard InChI is InChI=1S/C14H19NO/c1-15-9-7-13(8-10-15)14(11-16)12-5-3-2-4-6-12/h2-6,11,13-14H,7-10H2,1H3. The van der Waals surface area contributed by atoms with Crippen LogP contribution < -0.4 is 0 Å².